The van der Waals surface area contributed by atoms with E-state index in [1.165, 1.54) is 17.4 Å². The summed E-state index contributed by atoms with van der Waals surface area (Å²) in [4.78, 5) is 4.66. The third-order valence-corrected chi connectivity index (χ3v) is 5.80. The van der Waals surface area contributed by atoms with Crippen molar-refractivity contribution in [3.63, 3.8) is 0 Å². The molecule has 7 nitrogen and oxygen atoms in total. The molecule has 1 fully saturated rings. The number of rotatable bonds is 6. The molecule has 0 spiro atoms. The van der Waals surface area contributed by atoms with Crippen LogP contribution < -0.4 is 5.32 Å². The molecule has 3 heterocycles. The number of nitrogens with one attached hydrogen (secondary N) is 1. The number of benzene rings is 1. The third kappa shape index (κ3) is 4.64. The van der Waals surface area contributed by atoms with Gasteiger partial charge in [0.1, 0.15) is 5.82 Å². The van der Waals surface area contributed by atoms with Gasteiger partial charge in [0.25, 0.3) is 0 Å². The fraction of sp³-hybridized carbons (Fsp3) is 0.389. The number of piperazine rings is 1. The van der Waals surface area contributed by atoms with Crippen molar-refractivity contribution in [3.05, 3.63) is 51.6 Å². The van der Waals surface area contributed by atoms with Crippen LogP contribution in [0.4, 0.5) is 15.2 Å². The summed E-state index contributed by atoms with van der Waals surface area (Å²) in [6.45, 7) is 7.06. The predicted octanol–water partition coefficient (Wildman–Crippen LogP) is 3.63. The van der Waals surface area contributed by atoms with Crippen molar-refractivity contribution in [1.29, 1.82) is 0 Å². The van der Waals surface area contributed by atoms with E-state index < -0.39 is 0 Å². The summed E-state index contributed by atoms with van der Waals surface area (Å²) in [5.41, 5.74) is 1.31. The van der Waals surface area contributed by atoms with Crippen molar-refractivity contribution in [2.75, 3.05) is 31.5 Å². The van der Waals surface area contributed by atoms with Crippen molar-refractivity contribution < 1.29 is 8.91 Å². The van der Waals surface area contributed by atoms with Gasteiger partial charge in [-0.25, -0.2) is 9.07 Å². The van der Waals surface area contributed by atoms with E-state index >= 15 is 0 Å². The molecule has 1 saturated heterocycles. The summed E-state index contributed by atoms with van der Waals surface area (Å²) >= 11 is 6.78. The third-order valence-electron chi connectivity index (χ3n) is 4.58. The van der Waals surface area contributed by atoms with Gasteiger partial charge in [-0.15, -0.1) is 5.10 Å². The highest BCUT2D eigenvalue weighted by Gasteiger charge is 2.19. The molecule has 1 aromatic carbocycles. The quantitative estimate of drug-likeness (QED) is 0.611. The maximum absolute atomic E-state index is 13.8. The fourth-order valence-electron chi connectivity index (χ4n) is 3.11. The van der Waals surface area contributed by atoms with Crippen molar-refractivity contribution >= 4 is 34.4 Å². The molecule has 148 valence electrons. The van der Waals surface area contributed by atoms with Gasteiger partial charge in [-0.2, -0.15) is 0 Å². The first-order valence-electron chi connectivity index (χ1n) is 9.03. The molecule has 2 aromatic heterocycles. The van der Waals surface area contributed by atoms with E-state index in [1.54, 1.807) is 22.9 Å². The summed E-state index contributed by atoms with van der Waals surface area (Å²) in [7, 11) is 0. The van der Waals surface area contributed by atoms with E-state index in [2.05, 4.69) is 25.4 Å². The second-order valence-corrected chi connectivity index (χ2v) is 8.37. The Hall–Kier alpha value is -2.14. The van der Waals surface area contributed by atoms with Gasteiger partial charge in [0.2, 0.25) is 5.13 Å². The van der Waals surface area contributed by atoms with E-state index in [1.807, 2.05) is 13.0 Å². The average Bonchev–Trinajstić information content (AvgIpc) is 3.24. The Morgan fingerprint density at radius 1 is 1.21 bits per heavy atom. The Morgan fingerprint density at radius 3 is 2.68 bits per heavy atom. The molecule has 0 unspecified atom stereocenters. The van der Waals surface area contributed by atoms with Gasteiger partial charge >= 0.3 is 0 Å². The zero-order chi connectivity index (χ0) is 19.5. The van der Waals surface area contributed by atoms with E-state index in [0.29, 0.717) is 21.4 Å². The van der Waals surface area contributed by atoms with Gasteiger partial charge in [0.15, 0.2) is 9.71 Å². The fourth-order valence-corrected chi connectivity index (χ4v) is 4.12. The molecule has 1 aliphatic rings. The normalized spacial score (nSPS) is 15.8. The first-order valence-corrected chi connectivity index (χ1v) is 10.3. The molecule has 0 atom stereocenters. The lowest BCUT2D eigenvalue weighted by Crippen LogP contribution is -2.46. The zero-order valence-corrected chi connectivity index (χ0v) is 17.1. The maximum Gasteiger partial charge on any atom is 0.209 e. The lowest BCUT2D eigenvalue weighted by atomic mass is 10.3. The van der Waals surface area contributed by atoms with Crippen LogP contribution in [0.15, 0.2) is 34.9 Å². The highest BCUT2D eigenvalue weighted by molar-refractivity contribution is 7.73. The molecule has 0 bridgehead atoms. The second kappa shape index (κ2) is 8.48. The zero-order valence-electron chi connectivity index (χ0n) is 15.5. The van der Waals surface area contributed by atoms with E-state index in [0.717, 1.165) is 44.2 Å². The molecule has 0 saturated carbocycles. The van der Waals surface area contributed by atoms with Crippen LogP contribution in [0.25, 0.3) is 0 Å². The summed E-state index contributed by atoms with van der Waals surface area (Å²) in [5.74, 6) is 0.588. The van der Waals surface area contributed by atoms with Crippen LogP contribution in [0.5, 0.6) is 0 Å². The van der Waals surface area contributed by atoms with Crippen molar-refractivity contribution in [2.24, 2.45) is 0 Å². The predicted molar refractivity (Wildman–Crippen MR) is 109 cm³/mol. The van der Waals surface area contributed by atoms with Crippen LogP contribution >= 0.6 is 23.6 Å². The van der Waals surface area contributed by atoms with Crippen LogP contribution in [0.1, 0.15) is 11.5 Å². The van der Waals surface area contributed by atoms with Gasteiger partial charge in [-0.05, 0) is 31.3 Å². The first-order chi connectivity index (χ1) is 13.6. The molecule has 1 N–H and O–H groups in total. The summed E-state index contributed by atoms with van der Waals surface area (Å²) in [6.07, 6.45) is 0. The van der Waals surface area contributed by atoms with Gasteiger partial charge < -0.3 is 9.84 Å². The van der Waals surface area contributed by atoms with Crippen LogP contribution in [0.3, 0.4) is 0 Å². The molecular formula is C18H21FN6OS2. The van der Waals surface area contributed by atoms with E-state index in [9.17, 15) is 4.39 Å². The number of para-hydroxylation sites is 1. The summed E-state index contributed by atoms with van der Waals surface area (Å²) in [6, 6.07) is 8.51. The van der Waals surface area contributed by atoms with Crippen molar-refractivity contribution in [3.8, 4) is 0 Å². The van der Waals surface area contributed by atoms with Crippen molar-refractivity contribution in [2.45, 2.75) is 20.1 Å². The lowest BCUT2D eigenvalue weighted by Gasteiger charge is -2.33. The summed E-state index contributed by atoms with van der Waals surface area (Å²) in [5, 5.41) is 12.0. The van der Waals surface area contributed by atoms with Crippen molar-refractivity contribution in [1.82, 2.24) is 24.7 Å². The van der Waals surface area contributed by atoms with Crippen LogP contribution in [-0.2, 0) is 13.2 Å². The Morgan fingerprint density at radius 2 is 1.96 bits per heavy atom. The molecule has 10 heteroatoms. The summed E-state index contributed by atoms with van der Waals surface area (Å²) < 4.78 is 21.6. The standard InChI is InChI=1S/C18H21FN6OS2/c1-13-10-14(26-22-13)11-23-6-8-24(9-7-23)12-25-18(27)28-17(21-25)20-16-5-3-2-4-15(16)19/h2-5,10H,6-9,11-12H2,1H3,(H,20,21). The molecule has 3 aromatic rings. The molecule has 1 aliphatic heterocycles. The van der Waals surface area contributed by atoms with Gasteiger partial charge in [0, 0.05) is 32.2 Å². The smallest absolute Gasteiger partial charge is 0.209 e. The van der Waals surface area contributed by atoms with Gasteiger partial charge in [-0.1, -0.05) is 28.6 Å². The number of aromatic nitrogens is 3. The van der Waals surface area contributed by atoms with Crippen LogP contribution in [-0.4, -0.2) is 50.9 Å². The van der Waals surface area contributed by atoms with E-state index in [-0.39, 0.29) is 5.82 Å². The monoisotopic (exact) mass is 420 g/mol. The Bertz CT molecular complexity index is 992. The lowest BCUT2D eigenvalue weighted by molar-refractivity contribution is 0.0924. The van der Waals surface area contributed by atoms with Crippen LogP contribution in [0.2, 0.25) is 0 Å². The Labute approximate surface area is 171 Å². The van der Waals surface area contributed by atoms with E-state index in [4.69, 9.17) is 16.7 Å². The maximum atomic E-state index is 13.8. The highest BCUT2D eigenvalue weighted by atomic mass is 32.1. The van der Waals surface area contributed by atoms with Gasteiger partial charge in [0.05, 0.1) is 24.6 Å². The molecule has 28 heavy (non-hydrogen) atoms. The minimum Gasteiger partial charge on any atom is -0.360 e. The highest BCUT2D eigenvalue weighted by Crippen LogP contribution is 2.22. The molecule has 4 rings (SSSR count). The number of halogens is 1. The molecular weight excluding hydrogens is 399 g/mol. The van der Waals surface area contributed by atoms with Crippen LogP contribution in [0, 0.1) is 16.7 Å². The molecule has 0 amide bonds. The second-order valence-electron chi connectivity index (χ2n) is 6.75. The number of hydrogen-bond acceptors (Lipinski definition) is 8. The van der Waals surface area contributed by atoms with Gasteiger partial charge in [-0.3, -0.25) is 9.80 Å². The number of anilines is 2. The minimum atomic E-state index is -0.312. The Kier molecular flexibility index (Phi) is 5.81. The number of aryl methyl sites for hydroxylation is 1. The number of hydrogen-bond donors (Lipinski definition) is 1. The minimum absolute atomic E-state index is 0.312. The topological polar surface area (TPSA) is 62.4 Å². The first kappa shape index (κ1) is 19.2. The molecule has 0 aliphatic carbocycles. The SMILES string of the molecule is Cc1cc(CN2CCN(Cn3nc(Nc4ccccc4F)sc3=S)CC2)on1. The number of nitrogens with zero attached hydrogens (tertiary/aromatic N) is 5. The molecule has 0 radical (unpaired) electrons. The average molecular weight is 421 g/mol. The Balaban J connectivity index is 1.32. The largest absolute Gasteiger partial charge is 0.360 e.